The second kappa shape index (κ2) is 4.14. The van der Waals surface area contributed by atoms with Crippen LogP contribution in [0.2, 0.25) is 0 Å². The average Bonchev–Trinajstić information content (AvgIpc) is 2.51. The molecule has 0 bridgehead atoms. The van der Waals surface area contributed by atoms with Crippen molar-refractivity contribution < 1.29 is 14.8 Å². The lowest BCUT2D eigenvalue weighted by atomic mass is 9.91. The number of carboxylic acids is 1. The van der Waals surface area contributed by atoms with Crippen LogP contribution in [-0.2, 0) is 0 Å². The maximum atomic E-state index is 11.4. The van der Waals surface area contributed by atoms with Crippen LogP contribution in [0.5, 0.6) is 0 Å². The first-order chi connectivity index (χ1) is 10.6. The molecular formula is C17H9NO4. The smallest absolute Gasteiger partial charge is 0.336 e. The van der Waals surface area contributed by atoms with Crippen LogP contribution in [0.1, 0.15) is 10.4 Å². The highest BCUT2D eigenvalue weighted by atomic mass is 16.6. The first-order valence-corrected chi connectivity index (χ1v) is 6.66. The normalized spacial score (nSPS) is 11.5. The Morgan fingerprint density at radius 2 is 1.41 bits per heavy atom. The standard InChI is InChI=1S/C17H9NO4/c19-17(20)12-5-3-9-1-2-10-4-8-14(18(21)22)13-7-6-11(12)15(9)16(10)13/h1-8H,(H,19,20). The number of carboxylic acid groups (broad SMARTS) is 1. The molecule has 0 saturated heterocycles. The van der Waals surface area contributed by atoms with E-state index in [2.05, 4.69) is 0 Å². The molecule has 0 aliphatic heterocycles. The predicted octanol–water partition coefficient (Wildman–Crippen LogP) is 4.19. The van der Waals surface area contributed by atoms with Crippen molar-refractivity contribution in [2.75, 3.05) is 0 Å². The van der Waals surface area contributed by atoms with E-state index in [4.69, 9.17) is 0 Å². The number of nitro benzene ring substituents is 1. The fraction of sp³-hybridized carbons (Fsp3) is 0. The van der Waals surface area contributed by atoms with E-state index in [0.29, 0.717) is 10.8 Å². The summed E-state index contributed by atoms with van der Waals surface area (Å²) in [6.07, 6.45) is 0. The van der Waals surface area contributed by atoms with Gasteiger partial charge in [-0.1, -0.05) is 24.3 Å². The largest absolute Gasteiger partial charge is 0.478 e. The third kappa shape index (κ3) is 1.50. The van der Waals surface area contributed by atoms with Gasteiger partial charge in [-0.2, -0.15) is 0 Å². The SMILES string of the molecule is O=C(O)c1ccc2ccc3ccc([N+](=O)[O-])c4ccc1c2c34. The zero-order chi connectivity index (χ0) is 15.4. The van der Waals surface area contributed by atoms with Gasteiger partial charge in [0.25, 0.3) is 5.69 Å². The van der Waals surface area contributed by atoms with Gasteiger partial charge in [0.1, 0.15) is 0 Å². The minimum atomic E-state index is -1.01. The Morgan fingerprint density at radius 1 is 0.864 bits per heavy atom. The second-order valence-corrected chi connectivity index (χ2v) is 5.18. The molecule has 4 aromatic rings. The summed E-state index contributed by atoms with van der Waals surface area (Å²) in [5.41, 5.74) is 0.232. The Labute approximate surface area is 123 Å². The molecule has 4 aromatic carbocycles. The molecule has 0 unspecified atom stereocenters. The Kier molecular flexibility index (Phi) is 2.36. The minimum absolute atomic E-state index is 0.0302. The third-order valence-corrected chi connectivity index (χ3v) is 4.07. The molecule has 0 heterocycles. The van der Waals surface area contributed by atoms with Crippen molar-refractivity contribution in [3.05, 3.63) is 64.2 Å². The zero-order valence-electron chi connectivity index (χ0n) is 11.2. The highest BCUT2D eigenvalue weighted by Crippen LogP contribution is 2.39. The van der Waals surface area contributed by atoms with Gasteiger partial charge in [-0.05, 0) is 39.7 Å². The fourth-order valence-electron chi connectivity index (χ4n) is 3.13. The van der Waals surface area contributed by atoms with Gasteiger partial charge in [0.05, 0.1) is 15.9 Å². The summed E-state index contributed by atoms with van der Waals surface area (Å²) in [7, 11) is 0. The van der Waals surface area contributed by atoms with E-state index in [-0.39, 0.29) is 11.3 Å². The summed E-state index contributed by atoms with van der Waals surface area (Å²) >= 11 is 0. The number of hydrogen-bond acceptors (Lipinski definition) is 3. The fourth-order valence-corrected chi connectivity index (χ4v) is 3.13. The number of rotatable bonds is 2. The zero-order valence-corrected chi connectivity index (χ0v) is 11.2. The number of nitro groups is 1. The van der Waals surface area contributed by atoms with Gasteiger partial charge in [0.2, 0.25) is 0 Å². The maximum absolute atomic E-state index is 11.4. The van der Waals surface area contributed by atoms with Crippen LogP contribution in [-0.4, -0.2) is 16.0 Å². The van der Waals surface area contributed by atoms with Gasteiger partial charge in [-0.3, -0.25) is 10.1 Å². The lowest BCUT2D eigenvalue weighted by Gasteiger charge is -2.12. The summed E-state index contributed by atoms with van der Waals surface area (Å²) < 4.78 is 0. The molecule has 4 rings (SSSR count). The molecule has 106 valence electrons. The Hall–Kier alpha value is -3.21. The van der Waals surface area contributed by atoms with Crippen LogP contribution in [0.3, 0.4) is 0 Å². The highest BCUT2D eigenvalue weighted by Gasteiger charge is 2.19. The molecule has 0 saturated carbocycles. The van der Waals surface area contributed by atoms with E-state index in [9.17, 15) is 20.0 Å². The van der Waals surface area contributed by atoms with Crippen LogP contribution >= 0.6 is 0 Å². The van der Waals surface area contributed by atoms with Crippen molar-refractivity contribution in [2.24, 2.45) is 0 Å². The maximum Gasteiger partial charge on any atom is 0.336 e. The van der Waals surface area contributed by atoms with Crippen molar-refractivity contribution >= 4 is 44.0 Å². The molecule has 0 aliphatic carbocycles. The molecule has 0 fully saturated rings. The Morgan fingerprint density at radius 3 is 2.05 bits per heavy atom. The minimum Gasteiger partial charge on any atom is -0.478 e. The van der Waals surface area contributed by atoms with Crippen LogP contribution in [0.4, 0.5) is 5.69 Å². The van der Waals surface area contributed by atoms with E-state index in [1.54, 1.807) is 30.3 Å². The Bertz CT molecular complexity index is 997. The van der Waals surface area contributed by atoms with E-state index in [1.165, 1.54) is 6.07 Å². The first-order valence-electron chi connectivity index (χ1n) is 6.66. The summed E-state index contributed by atoms with van der Waals surface area (Å²) in [5.74, 6) is -1.01. The molecule has 0 spiro atoms. The second-order valence-electron chi connectivity index (χ2n) is 5.18. The van der Waals surface area contributed by atoms with Gasteiger partial charge >= 0.3 is 5.97 Å². The number of non-ortho nitro benzene ring substituents is 1. The quantitative estimate of drug-likeness (QED) is 0.341. The predicted molar refractivity (Wildman–Crippen MR) is 83.8 cm³/mol. The van der Waals surface area contributed by atoms with Gasteiger partial charge in [-0.25, -0.2) is 4.79 Å². The van der Waals surface area contributed by atoms with Crippen molar-refractivity contribution in [3.63, 3.8) is 0 Å². The summed E-state index contributed by atoms with van der Waals surface area (Å²) in [4.78, 5) is 22.2. The van der Waals surface area contributed by atoms with Crippen LogP contribution in [0.15, 0.2) is 48.5 Å². The van der Waals surface area contributed by atoms with Crippen molar-refractivity contribution in [1.29, 1.82) is 0 Å². The van der Waals surface area contributed by atoms with Gasteiger partial charge < -0.3 is 5.11 Å². The first kappa shape index (κ1) is 12.5. The summed E-state index contributed by atoms with van der Waals surface area (Å²) in [5, 5.41) is 25.0. The van der Waals surface area contributed by atoms with E-state index in [0.717, 1.165) is 21.5 Å². The number of hydrogen-bond donors (Lipinski definition) is 1. The van der Waals surface area contributed by atoms with Gasteiger partial charge in [0, 0.05) is 11.5 Å². The molecular weight excluding hydrogens is 282 g/mol. The lowest BCUT2D eigenvalue weighted by Crippen LogP contribution is -1.98. The van der Waals surface area contributed by atoms with Crippen molar-refractivity contribution in [3.8, 4) is 0 Å². The van der Waals surface area contributed by atoms with E-state index < -0.39 is 10.9 Å². The van der Waals surface area contributed by atoms with Crippen molar-refractivity contribution in [1.82, 2.24) is 0 Å². The topological polar surface area (TPSA) is 80.4 Å². The van der Waals surface area contributed by atoms with E-state index in [1.807, 2.05) is 12.1 Å². The molecule has 5 nitrogen and oxygen atoms in total. The Balaban J connectivity index is 2.33. The van der Waals surface area contributed by atoms with Gasteiger partial charge in [-0.15, -0.1) is 0 Å². The van der Waals surface area contributed by atoms with Crippen molar-refractivity contribution in [2.45, 2.75) is 0 Å². The molecule has 0 aliphatic rings. The van der Waals surface area contributed by atoms with E-state index >= 15 is 0 Å². The summed E-state index contributed by atoms with van der Waals surface area (Å²) in [6.45, 7) is 0. The highest BCUT2D eigenvalue weighted by molar-refractivity contribution is 6.27. The third-order valence-electron chi connectivity index (χ3n) is 4.07. The average molecular weight is 291 g/mol. The monoisotopic (exact) mass is 291 g/mol. The number of benzene rings is 4. The van der Waals surface area contributed by atoms with Crippen LogP contribution in [0, 0.1) is 10.1 Å². The molecule has 1 N–H and O–H groups in total. The molecule has 0 amide bonds. The molecule has 0 radical (unpaired) electrons. The molecule has 5 heteroatoms. The number of nitrogens with zero attached hydrogens (tertiary/aromatic N) is 1. The van der Waals surface area contributed by atoms with Crippen LogP contribution < -0.4 is 0 Å². The number of aromatic carboxylic acids is 1. The molecule has 0 atom stereocenters. The summed E-state index contributed by atoms with van der Waals surface area (Å²) in [6, 6.07) is 13.6. The molecule has 0 aromatic heterocycles. The van der Waals surface area contributed by atoms with Gasteiger partial charge in [0.15, 0.2) is 0 Å². The molecule has 22 heavy (non-hydrogen) atoms. The number of carbonyl (C=O) groups is 1. The lowest BCUT2D eigenvalue weighted by molar-refractivity contribution is -0.383. The van der Waals surface area contributed by atoms with Crippen LogP contribution in [0.25, 0.3) is 32.3 Å².